The molecule has 1 saturated heterocycles. The van der Waals surface area contributed by atoms with Gasteiger partial charge in [-0.05, 0) is 13.5 Å². The minimum absolute atomic E-state index is 0.177. The van der Waals surface area contributed by atoms with E-state index < -0.39 is 0 Å². The van der Waals surface area contributed by atoms with Crippen molar-refractivity contribution < 1.29 is 4.74 Å². The van der Waals surface area contributed by atoms with E-state index in [4.69, 9.17) is 4.74 Å². The molecule has 1 aliphatic heterocycles. The van der Waals surface area contributed by atoms with Crippen molar-refractivity contribution in [2.75, 3.05) is 20.2 Å². The lowest BCUT2D eigenvalue weighted by molar-refractivity contribution is 0.132. The molecule has 2 heteroatoms. The third kappa shape index (κ3) is 1.42. The Morgan fingerprint density at radius 2 is 2.09 bits per heavy atom. The summed E-state index contributed by atoms with van der Waals surface area (Å²) < 4.78 is 5.52. The van der Waals surface area contributed by atoms with Crippen LogP contribution in [0.2, 0.25) is 0 Å². The van der Waals surface area contributed by atoms with Crippen LogP contribution in [-0.4, -0.2) is 25.8 Å². The number of epoxide rings is 1. The molecule has 1 N–H and O–H groups in total. The lowest BCUT2D eigenvalue weighted by Gasteiger charge is -2.30. The molecule has 1 unspecified atom stereocenters. The summed E-state index contributed by atoms with van der Waals surface area (Å²) in [6, 6.07) is 0. The molecule has 1 heterocycles. The SMILES string of the molecule is CCC1(C(C)(C)CNC)CO1. The van der Waals surface area contributed by atoms with Crippen LogP contribution in [0.1, 0.15) is 27.2 Å². The molecule has 11 heavy (non-hydrogen) atoms. The predicted molar refractivity (Wildman–Crippen MR) is 46.7 cm³/mol. The van der Waals surface area contributed by atoms with E-state index in [1.54, 1.807) is 0 Å². The van der Waals surface area contributed by atoms with Crippen LogP contribution >= 0.6 is 0 Å². The average molecular weight is 157 g/mol. The summed E-state index contributed by atoms with van der Waals surface area (Å²) in [5.41, 5.74) is 0.451. The molecule has 2 nitrogen and oxygen atoms in total. The van der Waals surface area contributed by atoms with Crippen LogP contribution in [0, 0.1) is 5.41 Å². The zero-order valence-electron chi connectivity index (χ0n) is 8.03. The fourth-order valence-electron chi connectivity index (χ4n) is 1.76. The molecule has 0 amide bonds. The molecule has 1 aliphatic rings. The Bertz CT molecular complexity index is 138. The summed E-state index contributed by atoms with van der Waals surface area (Å²) in [7, 11) is 1.99. The molecule has 1 atom stereocenters. The summed E-state index contributed by atoms with van der Waals surface area (Å²) >= 11 is 0. The van der Waals surface area contributed by atoms with Crippen molar-refractivity contribution in [2.45, 2.75) is 32.8 Å². The second-order valence-corrected chi connectivity index (χ2v) is 4.05. The molecule has 0 saturated carbocycles. The van der Waals surface area contributed by atoms with E-state index in [0.29, 0.717) is 0 Å². The first-order valence-corrected chi connectivity index (χ1v) is 4.36. The van der Waals surface area contributed by atoms with Gasteiger partial charge < -0.3 is 10.1 Å². The highest BCUT2D eigenvalue weighted by atomic mass is 16.6. The van der Waals surface area contributed by atoms with E-state index in [-0.39, 0.29) is 11.0 Å². The molecule has 0 spiro atoms. The largest absolute Gasteiger partial charge is 0.369 e. The summed E-state index contributed by atoms with van der Waals surface area (Å²) in [6.45, 7) is 8.70. The smallest absolute Gasteiger partial charge is 0.0976 e. The Morgan fingerprint density at radius 3 is 2.36 bits per heavy atom. The van der Waals surface area contributed by atoms with Crippen molar-refractivity contribution in [3.63, 3.8) is 0 Å². The molecule has 0 aliphatic carbocycles. The van der Waals surface area contributed by atoms with Gasteiger partial charge in [0.15, 0.2) is 0 Å². The molecule has 1 rings (SSSR count). The minimum atomic E-state index is 0.177. The normalized spacial score (nSPS) is 30.5. The highest BCUT2D eigenvalue weighted by Gasteiger charge is 2.54. The van der Waals surface area contributed by atoms with Crippen molar-refractivity contribution in [2.24, 2.45) is 5.41 Å². The van der Waals surface area contributed by atoms with E-state index in [1.165, 1.54) is 0 Å². The van der Waals surface area contributed by atoms with E-state index in [2.05, 4.69) is 26.1 Å². The quantitative estimate of drug-likeness (QED) is 0.624. The van der Waals surface area contributed by atoms with Gasteiger partial charge in [-0.3, -0.25) is 0 Å². The molecule has 0 aromatic carbocycles. The first-order valence-electron chi connectivity index (χ1n) is 4.36. The van der Waals surface area contributed by atoms with Crippen molar-refractivity contribution in [3.8, 4) is 0 Å². The highest BCUT2D eigenvalue weighted by Crippen LogP contribution is 2.46. The highest BCUT2D eigenvalue weighted by molar-refractivity contribution is 5.03. The van der Waals surface area contributed by atoms with Crippen molar-refractivity contribution >= 4 is 0 Å². The monoisotopic (exact) mass is 157 g/mol. The molecule has 66 valence electrons. The van der Waals surface area contributed by atoms with E-state index >= 15 is 0 Å². The molecule has 0 radical (unpaired) electrons. The molecule has 0 aromatic rings. The van der Waals surface area contributed by atoms with Gasteiger partial charge in [0.25, 0.3) is 0 Å². The molecule has 1 fully saturated rings. The van der Waals surface area contributed by atoms with Crippen LogP contribution in [0.15, 0.2) is 0 Å². The third-order valence-electron chi connectivity index (χ3n) is 2.92. The number of hydrogen-bond donors (Lipinski definition) is 1. The number of nitrogens with one attached hydrogen (secondary N) is 1. The Labute approximate surface area is 69.3 Å². The van der Waals surface area contributed by atoms with Crippen LogP contribution in [0.4, 0.5) is 0 Å². The number of hydrogen-bond acceptors (Lipinski definition) is 2. The fraction of sp³-hybridized carbons (Fsp3) is 1.00. The van der Waals surface area contributed by atoms with E-state index in [1.807, 2.05) is 7.05 Å². The first-order chi connectivity index (χ1) is 5.08. The van der Waals surface area contributed by atoms with E-state index in [0.717, 1.165) is 19.6 Å². The van der Waals surface area contributed by atoms with Crippen molar-refractivity contribution in [1.29, 1.82) is 0 Å². The average Bonchev–Trinajstić information content (AvgIpc) is 2.66. The maximum atomic E-state index is 5.52. The Hall–Kier alpha value is -0.0800. The standard InChI is InChI=1S/C9H19NO/c1-5-9(7-11-9)8(2,3)6-10-4/h10H,5-7H2,1-4H3. The van der Waals surface area contributed by atoms with Crippen LogP contribution in [-0.2, 0) is 4.74 Å². The third-order valence-corrected chi connectivity index (χ3v) is 2.92. The van der Waals surface area contributed by atoms with Crippen LogP contribution in [0.25, 0.3) is 0 Å². The lowest BCUT2D eigenvalue weighted by atomic mass is 9.77. The number of ether oxygens (including phenoxy) is 1. The lowest BCUT2D eigenvalue weighted by Crippen LogP contribution is -2.40. The van der Waals surface area contributed by atoms with Gasteiger partial charge in [0, 0.05) is 12.0 Å². The second-order valence-electron chi connectivity index (χ2n) is 4.05. The van der Waals surface area contributed by atoms with Gasteiger partial charge in [-0.2, -0.15) is 0 Å². The van der Waals surface area contributed by atoms with Gasteiger partial charge in [-0.15, -0.1) is 0 Å². The first kappa shape index (κ1) is 9.01. The molecule has 0 aromatic heterocycles. The van der Waals surface area contributed by atoms with Gasteiger partial charge >= 0.3 is 0 Å². The molecular weight excluding hydrogens is 138 g/mol. The van der Waals surface area contributed by atoms with Crippen molar-refractivity contribution in [1.82, 2.24) is 5.32 Å². The van der Waals surface area contributed by atoms with Gasteiger partial charge in [-0.25, -0.2) is 0 Å². The van der Waals surface area contributed by atoms with Crippen molar-refractivity contribution in [3.05, 3.63) is 0 Å². The minimum Gasteiger partial charge on any atom is -0.369 e. The second kappa shape index (κ2) is 2.76. The maximum absolute atomic E-state index is 5.52. The molecular formula is C9H19NO. The summed E-state index contributed by atoms with van der Waals surface area (Å²) in [4.78, 5) is 0. The zero-order valence-corrected chi connectivity index (χ0v) is 8.03. The number of rotatable bonds is 4. The van der Waals surface area contributed by atoms with Gasteiger partial charge in [0.1, 0.15) is 0 Å². The van der Waals surface area contributed by atoms with Gasteiger partial charge in [0.2, 0.25) is 0 Å². The predicted octanol–water partition coefficient (Wildman–Crippen LogP) is 1.41. The Kier molecular flexibility index (Phi) is 2.26. The Balaban J connectivity index is 2.56. The summed E-state index contributed by atoms with van der Waals surface area (Å²) in [6.07, 6.45) is 1.13. The summed E-state index contributed by atoms with van der Waals surface area (Å²) in [5, 5.41) is 3.21. The zero-order chi connectivity index (χ0) is 8.54. The topological polar surface area (TPSA) is 24.6 Å². The van der Waals surface area contributed by atoms with Gasteiger partial charge in [0.05, 0.1) is 12.2 Å². The molecule has 0 bridgehead atoms. The van der Waals surface area contributed by atoms with E-state index in [9.17, 15) is 0 Å². The van der Waals surface area contributed by atoms with Crippen LogP contribution in [0.3, 0.4) is 0 Å². The summed E-state index contributed by atoms with van der Waals surface area (Å²) in [5.74, 6) is 0. The fourth-order valence-corrected chi connectivity index (χ4v) is 1.76. The van der Waals surface area contributed by atoms with Crippen LogP contribution in [0.5, 0.6) is 0 Å². The Morgan fingerprint density at radius 1 is 1.55 bits per heavy atom. The maximum Gasteiger partial charge on any atom is 0.0976 e. The van der Waals surface area contributed by atoms with Gasteiger partial charge in [-0.1, -0.05) is 20.8 Å². The van der Waals surface area contributed by atoms with Crippen LogP contribution < -0.4 is 5.32 Å².